The maximum absolute atomic E-state index is 10.7. The van der Waals surface area contributed by atoms with Gasteiger partial charge in [0.25, 0.3) is 0 Å². The van der Waals surface area contributed by atoms with Gasteiger partial charge in [-0.25, -0.2) is 4.79 Å². The zero-order chi connectivity index (χ0) is 9.59. The molecule has 2 aliphatic heterocycles. The fourth-order valence-electron chi connectivity index (χ4n) is 2.12. The van der Waals surface area contributed by atoms with E-state index in [4.69, 9.17) is 10.2 Å². The van der Waals surface area contributed by atoms with Crippen LogP contribution < -0.4 is 5.32 Å². The quantitative estimate of drug-likeness (QED) is 0.497. The lowest BCUT2D eigenvalue weighted by atomic mass is 10.1. The predicted molar refractivity (Wildman–Crippen MR) is 41.5 cm³/mol. The summed E-state index contributed by atoms with van der Waals surface area (Å²) in [7, 11) is 0. The number of carboxylic acid groups (broad SMARTS) is 2. The fourth-order valence-corrected chi connectivity index (χ4v) is 2.12. The molecular weight excluding hydrogens is 176 g/mol. The number of likely N-dealkylation sites (tertiary alicyclic amines) is 1. The van der Waals surface area contributed by atoms with Crippen molar-refractivity contribution in [2.24, 2.45) is 0 Å². The van der Waals surface area contributed by atoms with Gasteiger partial charge < -0.3 is 15.1 Å². The number of rotatable bonds is 1. The van der Waals surface area contributed by atoms with Crippen LogP contribution in [0.15, 0.2) is 0 Å². The number of hydrogen-bond acceptors (Lipinski definition) is 3. The Bertz CT molecular complexity index is 243. The number of nitrogens with zero attached hydrogens (tertiary/aromatic N) is 1. The van der Waals surface area contributed by atoms with Crippen LogP contribution in [0.25, 0.3) is 0 Å². The molecule has 2 saturated heterocycles. The van der Waals surface area contributed by atoms with Crippen LogP contribution >= 0.6 is 0 Å². The van der Waals surface area contributed by atoms with Crippen molar-refractivity contribution in [3.63, 3.8) is 0 Å². The van der Waals surface area contributed by atoms with Crippen LogP contribution in [-0.4, -0.2) is 51.8 Å². The molecule has 2 aliphatic rings. The molecular formula is C7H10N2O4. The molecule has 0 radical (unpaired) electrons. The number of carboxylic acids is 1. The van der Waals surface area contributed by atoms with Crippen molar-refractivity contribution in [3.8, 4) is 0 Å². The predicted octanol–water partition coefficient (Wildman–Crippen LogP) is -0.836. The zero-order valence-electron chi connectivity index (χ0n) is 6.80. The molecule has 3 unspecified atom stereocenters. The molecule has 6 nitrogen and oxygen atoms in total. The lowest BCUT2D eigenvalue weighted by molar-refractivity contribution is -0.140. The summed E-state index contributed by atoms with van der Waals surface area (Å²) in [6.07, 6.45) is -0.413. The molecule has 3 atom stereocenters. The zero-order valence-corrected chi connectivity index (χ0v) is 6.80. The van der Waals surface area contributed by atoms with Crippen LogP contribution in [0.2, 0.25) is 0 Å². The third-order valence-corrected chi connectivity index (χ3v) is 2.66. The van der Waals surface area contributed by atoms with E-state index in [1.165, 1.54) is 4.90 Å². The Labute approximate surface area is 74.1 Å². The highest BCUT2D eigenvalue weighted by molar-refractivity contribution is 5.77. The first-order valence-corrected chi connectivity index (χ1v) is 4.08. The van der Waals surface area contributed by atoms with Gasteiger partial charge in [0.2, 0.25) is 0 Å². The van der Waals surface area contributed by atoms with Gasteiger partial charge in [-0.05, 0) is 6.42 Å². The third kappa shape index (κ3) is 1.14. The molecule has 6 heteroatoms. The van der Waals surface area contributed by atoms with Gasteiger partial charge >= 0.3 is 12.1 Å². The molecule has 0 aromatic heterocycles. The van der Waals surface area contributed by atoms with Crippen molar-refractivity contribution >= 4 is 12.1 Å². The van der Waals surface area contributed by atoms with Crippen molar-refractivity contribution in [2.45, 2.75) is 24.5 Å². The number of carbonyl (C=O) groups is 2. The summed E-state index contributed by atoms with van der Waals surface area (Å²) in [5.74, 6) is -0.974. The van der Waals surface area contributed by atoms with Crippen LogP contribution in [0.5, 0.6) is 0 Å². The van der Waals surface area contributed by atoms with E-state index in [-0.39, 0.29) is 12.1 Å². The van der Waals surface area contributed by atoms with E-state index in [0.717, 1.165) is 0 Å². The first-order chi connectivity index (χ1) is 6.09. The molecule has 0 spiro atoms. The highest BCUT2D eigenvalue weighted by atomic mass is 16.4. The molecule has 0 aromatic rings. The van der Waals surface area contributed by atoms with Crippen LogP contribution in [0, 0.1) is 0 Å². The Balaban J connectivity index is 2.15. The molecule has 2 fully saturated rings. The minimum Gasteiger partial charge on any atom is -0.480 e. The van der Waals surface area contributed by atoms with E-state index in [9.17, 15) is 9.59 Å². The summed E-state index contributed by atoms with van der Waals surface area (Å²) in [4.78, 5) is 22.6. The molecule has 0 aliphatic carbocycles. The van der Waals surface area contributed by atoms with Crippen molar-refractivity contribution < 1.29 is 19.8 Å². The number of nitrogens with one attached hydrogen (secondary N) is 1. The Morgan fingerprint density at radius 2 is 2.08 bits per heavy atom. The third-order valence-electron chi connectivity index (χ3n) is 2.66. The van der Waals surface area contributed by atoms with Crippen LogP contribution in [0.4, 0.5) is 4.79 Å². The average Bonchev–Trinajstić information content (AvgIpc) is 2.60. The molecule has 2 bridgehead atoms. The van der Waals surface area contributed by atoms with E-state index in [2.05, 4.69) is 5.32 Å². The van der Waals surface area contributed by atoms with Gasteiger partial charge in [0.05, 0.1) is 6.04 Å². The van der Waals surface area contributed by atoms with E-state index >= 15 is 0 Å². The Kier molecular flexibility index (Phi) is 1.66. The molecule has 1 amide bonds. The monoisotopic (exact) mass is 186 g/mol. The Morgan fingerprint density at radius 3 is 2.54 bits per heavy atom. The second-order valence-corrected chi connectivity index (χ2v) is 3.42. The summed E-state index contributed by atoms with van der Waals surface area (Å²) in [5.41, 5.74) is 0. The Hall–Kier alpha value is -1.30. The van der Waals surface area contributed by atoms with Gasteiger partial charge in [0.15, 0.2) is 0 Å². The van der Waals surface area contributed by atoms with Crippen LogP contribution in [-0.2, 0) is 4.79 Å². The summed E-state index contributed by atoms with van der Waals surface area (Å²) in [6, 6.07) is -1.10. The highest BCUT2D eigenvalue weighted by Crippen LogP contribution is 2.27. The normalized spacial score (nSPS) is 36.6. The smallest absolute Gasteiger partial charge is 0.407 e. The fraction of sp³-hybridized carbons (Fsp3) is 0.714. The van der Waals surface area contributed by atoms with E-state index in [1.54, 1.807) is 0 Å². The van der Waals surface area contributed by atoms with Crippen molar-refractivity contribution in [1.29, 1.82) is 0 Å². The summed E-state index contributed by atoms with van der Waals surface area (Å²) in [5, 5.41) is 20.4. The molecule has 2 heterocycles. The van der Waals surface area contributed by atoms with E-state index in [1.807, 2.05) is 0 Å². The SMILES string of the molecule is O=C(O)C1NC2CC1N(C(=O)O)C2. The molecule has 72 valence electrons. The second kappa shape index (κ2) is 2.59. The molecule has 2 rings (SSSR count). The van der Waals surface area contributed by atoms with Gasteiger partial charge in [-0.2, -0.15) is 0 Å². The average molecular weight is 186 g/mol. The van der Waals surface area contributed by atoms with Crippen molar-refractivity contribution in [2.75, 3.05) is 6.54 Å². The maximum atomic E-state index is 10.7. The largest absolute Gasteiger partial charge is 0.480 e. The number of piperazine rings is 1. The Morgan fingerprint density at radius 1 is 1.38 bits per heavy atom. The highest BCUT2D eigenvalue weighted by Gasteiger charge is 2.49. The van der Waals surface area contributed by atoms with Crippen molar-refractivity contribution in [3.05, 3.63) is 0 Å². The van der Waals surface area contributed by atoms with Crippen LogP contribution in [0.1, 0.15) is 6.42 Å². The van der Waals surface area contributed by atoms with Gasteiger partial charge in [0.1, 0.15) is 6.04 Å². The topological polar surface area (TPSA) is 89.9 Å². The first kappa shape index (κ1) is 8.31. The lowest BCUT2D eigenvalue weighted by Crippen LogP contribution is -2.55. The summed E-state index contributed by atoms with van der Waals surface area (Å²) in [6.45, 7) is 0.407. The van der Waals surface area contributed by atoms with Gasteiger partial charge in [-0.3, -0.25) is 10.1 Å². The van der Waals surface area contributed by atoms with Crippen LogP contribution in [0.3, 0.4) is 0 Å². The number of aliphatic carboxylic acids is 1. The standard InChI is InChI=1S/C7H10N2O4/c10-6(11)5-4-1-3(8-5)2-9(4)7(12)13/h3-5,8H,1-2H2,(H,10,11)(H,12,13). The first-order valence-electron chi connectivity index (χ1n) is 4.08. The van der Waals surface area contributed by atoms with E-state index in [0.29, 0.717) is 13.0 Å². The molecule has 3 N–H and O–H groups in total. The minimum atomic E-state index is -1.03. The van der Waals surface area contributed by atoms with Gasteiger partial charge in [-0.1, -0.05) is 0 Å². The number of fused-ring (bicyclic) bond motifs is 2. The number of amides is 1. The van der Waals surface area contributed by atoms with Gasteiger partial charge in [-0.15, -0.1) is 0 Å². The van der Waals surface area contributed by atoms with E-state index < -0.39 is 18.1 Å². The van der Waals surface area contributed by atoms with Gasteiger partial charge in [0, 0.05) is 12.6 Å². The molecule has 0 aromatic carbocycles. The molecule has 0 saturated carbocycles. The summed E-state index contributed by atoms with van der Waals surface area (Å²) < 4.78 is 0. The lowest BCUT2D eigenvalue weighted by Gasteiger charge is -2.29. The maximum Gasteiger partial charge on any atom is 0.407 e. The second-order valence-electron chi connectivity index (χ2n) is 3.42. The van der Waals surface area contributed by atoms with Crippen molar-refractivity contribution in [1.82, 2.24) is 10.2 Å². The molecule has 13 heavy (non-hydrogen) atoms. The minimum absolute atomic E-state index is 0.0159. The number of hydrogen-bond donors (Lipinski definition) is 3. The summed E-state index contributed by atoms with van der Waals surface area (Å²) >= 11 is 0.